The zero-order valence-corrected chi connectivity index (χ0v) is 9.63. The van der Waals surface area contributed by atoms with Crippen LogP contribution in [0.5, 0.6) is 0 Å². The summed E-state index contributed by atoms with van der Waals surface area (Å²) in [6.07, 6.45) is -0.334. The molecule has 1 aromatic carbocycles. The predicted molar refractivity (Wildman–Crippen MR) is 62.3 cm³/mol. The minimum Gasteiger partial charge on any atom is -0.481 e. The van der Waals surface area contributed by atoms with Crippen LogP contribution in [0.15, 0.2) is 30.3 Å². The van der Waals surface area contributed by atoms with Gasteiger partial charge in [0.2, 0.25) is 0 Å². The molecule has 0 aliphatic heterocycles. The van der Waals surface area contributed by atoms with E-state index in [9.17, 15) is 9.90 Å². The van der Waals surface area contributed by atoms with Gasteiger partial charge in [-0.1, -0.05) is 44.2 Å². The molecule has 3 nitrogen and oxygen atoms in total. The fraction of sp³-hybridized carbons (Fsp3) is 0.462. The van der Waals surface area contributed by atoms with E-state index in [2.05, 4.69) is 0 Å². The number of carboxylic acid groups (broad SMARTS) is 1. The molecule has 3 atom stereocenters. The Bertz CT molecular complexity index is 334. The molecule has 0 radical (unpaired) electrons. The third-order valence-electron chi connectivity index (χ3n) is 2.92. The maximum Gasteiger partial charge on any atom is 0.306 e. The third kappa shape index (κ3) is 3.35. The highest BCUT2D eigenvalue weighted by Gasteiger charge is 2.21. The summed E-state index contributed by atoms with van der Waals surface area (Å²) < 4.78 is 0. The van der Waals surface area contributed by atoms with Crippen LogP contribution in [0.2, 0.25) is 0 Å². The van der Waals surface area contributed by atoms with Crippen LogP contribution in [0.4, 0.5) is 0 Å². The molecule has 0 bridgehead atoms. The molecule has 1 aromatic rings. The van der Waals surface area contributed by atoms with Crippen molar-refractivity contribution in [1.82, 2.24) is 0 Å². The topological polar surface area (TPSA) is 57.5 Å². The number of rotatable bonds is 5. The highest BCUT2D eigenvalue weighted by molar-refractivity contribution is 5.69. The van der Waals surface area contributed by atoms with Gasteiger partial charge in [0.25, 0.3) is 0 Å². The lowest BCUT2D eigenvalue weighted by atomic mass is 9.90. The average Bonchev–Trinajstić information content (AvgIpc) is 2.28. The first-order valence-corrected chi connectivity index (χ1v) is 5.48. The Morgan fingerprint density at radius 2 is 1.81 bits per heavy atom. The smallest absolute Gasteiger partial charge is 0.306 e. The normalized spacial score (nSPS) is 16.4. The largest absolute Gasteiger partial charge is 0.481 e. The minimum atomic E-state index is -0.862. The number of hydrogen-bond donors (Lipinski definition) is 2. The summed E-state index contributed by atoms with van der Waals surface area (Å²) in [7, 11) is 0. The molecule has 88 valence electrons. The van der Waals surface area contributed by atoms with Crippen LogP contribution in [0.3, 0.4) is 0 Å². The van der Waals surface area contributed by atoms with Gasteiger partial charge >= 0.3 is 5.97 Å². The molecular weight excluding hydrogens is 204 g/mol. The zero-order chi connectivity index (χ0) is 12.1. The van der Waals surface area contributed by atoms with Crippen LogP contribution in [0.1, 0.15) is 31.7 Å². The molecule has 3 unspecified atom stereocenters. The Hall–Kier alpha value is -1.35. The van der Waals surface area contributed by atoms with Gasteiger partial charge in [0.15, 0.2) is 0 Å². The third-order valence-corrected chi connectivity index (χ3v) is 2.92. The van der Waals surface area contributed by atoms with Gasteiger partial charge in [0.05, 0.1) is 12.0 Å². The summed E-state index contributed by atoms with van der Waals surface area (Å²) in [6.45, 7) is 3.53. The van der Waals surface area contributed by atoms with Gasteiger partial charge in [-0.15, -0.1) is 0 Å². The summed E-state index contributed by atoms with van der Waals surface area (Å²) in [4.78, 5) is 10.7. The first-order valence-electron chi connectivity index (χ1n) is 5.48. The molecule has 0 saturated carbocycles. The van der Waals surface area contributed by atoms with E-state index in [-0.39, 0.29) is 12.3 Å². The molecule has 2 N–H and O–H groups in total. The highest BCUT2D eigenvalue weighted by atomic mass is 16.4. The number of carbonyl (C=O) groups is 1. The van der Waals surface area contributed by atoms with Crippen LogP contribution in [-0.2, 0) is 4.79 Å². The first kappa shape index (κ1) is 12.7. The molecule has 0 heterocycles. The van der Waals surface area contributed by atoms with Gasteiger partial charge in [-0.25, -0.2) is 0 Å². The standard InChI is InChI=1S/C13H18O3/c1-9(13(15)16)8-12(14)10(2)11-6-4-3-5-7-11/h3-7,9-10,12,14H,8H2,1-2H3,(H,15,16). The fourth-order valence-electron chi connectivity index (χ4n) is 1.65. The SMILES string of the molecule is CC(CC(O)C(C)c1ccccc1)C(=O)O. The molecule has 0 aliphatic carbocycles. The van der Waals surface area contributed by atoms with Gasteiger partial charge in [-0.2, -0.15) is 0 Å². The highest BCUT2D eigenvalue weighted by Crippen LogP contribution is 2.23. The Morgan fingerprint density at radius 1 is 1.25 bits per heavy atom. The van der Waals surface area contributed by atoms with Crippen molar-refractivity contribution in [3.63, 3.8) is 0 Å². The summed E-state index contributed by atoms with van der Waals surface area (Å²) in [5.41, 5.74) is 1.03. The molecule has 0 fully saturated rings. The van der Waals surface area contributed by atoms with E-state index >= 15 is 0 Å². The number of aliphatic hydroxyl groups is 1. The fourth-order valence-corrected chi connectivity index (χ4v) is 1.65. The van der Waals surface area contributed by atoms with Crippen LogP contribution >= 0.6 is 0 Å². The first-order chi connectivity index (χ1) is 7.52. The van der Waals surface area contributed by atoms with Crippen LogP contribution in [0.25, 0.3) is 0 Å². The zero-order valence-electron chi connectivity index (χ0n) is 9.63. The van der Waals surface area contributed by atoms with Gasteiger partial charge < -0.3 is 10.2 Å². The number of carboxylic acids is 1. The second kappa shape index (κ2) is 5.66. The molecule has 0 aromatic heterocycles. The van der Waals surface area contributed by atoms with Gasteiger partial charge in [-0.05, 0) is 12.0 Å². The Labute approximate surface area is 95.7 Å². The van der Waals surface area contributed by atoms with E-state index < -0.39 is 18.0 Å². The molecule has 0 saturated heterocycles. The van der Waals surface area contributed by atoms with Gasteiger partial charge in [0, 0.05) is 5.92 Å². The monoisotopic (exact) mass is 222 g/mol. The van der Waals surface area contributed by atoms with Crippen molar-refractivity contribution in [3.8, 4) is 0 Å². The summed E-state index contributed by atoms with van der Waals surface area (Å²) >= 11 is 0. The molecule has 1 rings (SSSR count). The second-order valence-corrected chi connectivity index (χ2v) is 4.24. The van der Waals surface area contributed by atoms with Crippen molar-refractivity contribution in [2.45, 2.75) is 32.3 Å². The summed E-state index contributed by atoms with van der Waals surface area (Å²) in [6, 6.07) is 9.64. The number of aliphatic hydroxyl groups excluding tert-OH is 1. The minimum absolute atomic E-state index is 0.0389. The lowest BCUT2D eigenvalue weighted by Crippen LogP contribution is -2.22. The van der Waals surface area contributed by atoms with Crippen LogP contribution < -0.4 is 0 Å². The van der Waals surface area contributed by atoms with E-state index in [0.717, 1.165) is 5.56 Å². The molecular formula is C13H18O3. The summed E-state index contributed by atoms with van der Waals surface area (Å²) in [5.74, 6) is -1.41. The second-order valence-electron chi connectivity index (χ2n) is 4.24. The molecule has 3 heteroatoms. The van der Waals surface area contributed by atoms with E-state index in [1.165, 1.54) is 0 Å². The molecule has 0 amide bonds. The van der Waals surface area contributed by atoms with Crippen molar-refractivity contribution in [1.29, 1.82) is 0 Å². The van der Waals surface area contributed by atoms with Gasteiger partial charge in [-0.3, -0.25) is 4.79 Å². The van der Waals surface area contributed by atoms with Crippen molar-refractivity contribution in [3.05, 3.63) is 35.9 Å². The quantitative estimate of drug-likeness (QED) is 0.803. The van der Waals surface area contributed by atoms with Crippen molar-refractivity contribution >= 4 is 5.97 Å². The van der Waals surface area contributed by atoms with E-state index in [0.29, 0.717) is 0 Å². The van der Waals surface area contributed by atoms with Crippen molar-refractivity contribution < 1.29 is 15.0 Å². The predicted octanol–water partition coefficient (Wildman–Crippen LogP) is 2.26. The lowest BCUT2D eigenvalue weighted by molar-refractivity contribution is -0.142. The molecule has 16 heavy (non-hydrogen) atoms. The summed E-state index contributed by atoms with van der Waals surface area (Å²) in [5, 5.41) is 18.7. The van der Waals surface area contributed by atoms with E-state index in [1.807, 2.05) is 37.3 Å². The van der Waals surface area contributed by atoms with Crippen molar-refractivity contribution in [2.24, 2.45) is 5.92 Å². The Morgan fingerprint density at radius 3 is 2.31 bits per heavy atom. The lowest BCUT2D eigenvalue weighted by Gasteiger charge is -2.20. The molecule has 0 spiro atoms. The Balaban J connectivity index is 2.61. The van der Waals surface area contributed by atoms with E-state index in [4.69, 9.17) is 5.11 Å². The maximum absolute atomic E-state index is 10.7. The average molecular weight is 222 g/mol. The maximum atomic E-state index is 10.7. The molecule has 0 aliphatic rings. The number of benzene rings is 1. The van der Waals surface area contributed by atoms with E-state index in [1.54, 1.807) is 6.92 Å². The van der Waals surface area contributed by atoms with Crippen LogP contribution in [-0.4, -0.2) is 22.3 Å². The van der Waals surface area contributed by atoms with Crippen molar-refractivity contribution in [2.75, 3.05) is 0 Å². The van der Waals surface area contributed by atoms with Gasteiger partial charge in [0.1, 0.15) is 0 Å². The number of hydrogen-bond acceptors (Lipinski definition) is 2. The Kier molecular flexibility index (Phi) is 4.50. The number of aliphatic carboxylic acids is 1. The van der Waals surface area contributed by atoms with Crippen LogP contribution in [0, 0.1) is 5.92 Å².